The number of halogens is 1. The van der Waals surface area contributed by atoms with Crippen LogP contribution < -0.4 is 5.32 Å². The largest absolute Gasteiger partial charge is 0.383 e. The van der Waals surface area contributed by atoms with Crippen molar-refractivity contribution in [2.75, 3.05) is 47.7 Å². The summed E-state index contributed by atoms with van der Waals surface area (Å²) in [4.78, 5) is 0. The van der Waals surface area contributed by atoms with E-state index in [1.165, 1.54) is 0 Å². The number of hydrogen-bond acceptors (Lipinski definition) is 5. The van der Waals surface area contributed by atoms with Gasteiger partial charge in [0.2, 0.25) is 0 Å². The summed E-state index contributed by atoms with van der Waals surface area (Å²) >= 11 is 3.56. The molecule has 1 atom stereocenters. The van der Waals surface area contributed by atoms with Gasteiger partial charge < -0.3 is 19.5 Å². The summed E-state index contributed by atoms with van der Waals surface area (Å²) in [6.45, 7) is 3.30. The van der Waals surface area contributed by atoms with Crippen LogP contribution >= 0.6 is 15.9 Å². The van der Waals surface area contributed by atoms with Gasteiger partial charge in [0.25, 0.3) is 0 Å². The summed E-state index contributed by atoms with van der Waals surface area (Å²) < 4.78 is 18.6. The number of nitrogens with zero attached hydrogens (tertiary/aromatic N) is 2. The highest BCUT2D eigenvalue weighted by atomic mass is 79.9. The third-order valence-electron chi connectivity index (χ3n) is 3.00. The average molecular weight is 350 g/mol. The first-order valence-corrected chi connectivity index (χ1v) is 7.48. The van der Waals surface area contributed by atoms with Crippen LogP contribution in [0.15, 0.2) is 10.7 Å². The second-order valence-electron chi connectivity index (χ2n) is 4.33. The molecule has 1 aromatic rings. The molecule has 6 nitrogen and oxygen atoms in total. The van der Waals surface area contributed by atoms with Gasteiger partial charge in [0, 0.05) is 20.8 Å². The van der Waals surface area contributed by atoms with Gasteiger partial charge in [-0.2, -0.15) is 5.10 Å². The zero-order chi connectivity index (χ0) is 14.8. The molecule has 116 valence electrons. The van der Waals surface area contributed by atoms with Crippen LogP contribution in [0, 0.1) is 0 Å². The summed E-state index contributed by atoms with van der Waals surface area (Å²) in [6.07, 6.45) is 2.69. The van der Waals surface area contributed by atoms with Crippen LogP contribution in [0.4, 0.5) is 0 Å². The third kappa shape index (κ3) is 5.49. The Balaban J connectivity index is 2.57. The smallest absolute Gasteiger partial charge is 0.0700 e. The van der Waals surface area contributed by atoms with Crippen molar-refractivity contribution in [1.82, 2.24) is 15.1 Å². The zero-order valence-corrected chi connectivity index (χ0v) is 14.0. The fourth-order valence-corrected chi connectivity index (χ4v) is 2.51. The first kappa shape index (κ1) is 17.6. The Morgan fingerprint density at radius 3 is 2.65 bits per heavy atom. The molecule has 1 aromatic heterocycles. The van der Waals surface area contributed by atoms with Gasteiger partial charge in [-0.15, -0.1) is 0 Å². The molecule has 0 aliphatic rings. The number of hydrogen-bond donors (Lipinski definition) is 1. The molecule has 7 heteroatoms. The first-order chi connectivity index (χ1) is 9.74. The van der Waals surface area contributed by atoms with Crippen LogP contribution in [0.5, 0.6) is 0 Å². The molecule has 1 unspecified atom stereocenters. The number of ether oxygens (including phenoxy) is 3. The van der Waals surface area contributed by atoms with E-state index >= 15 is 0 Å². The highest BCUT2D eigenvalue weighted by molar-refractivity contribution is 9.10. The lowest BCUT2D eigenvalue weighted by Gasteiger charge is -2.19. The van der Waals surface area contributed by atoms with Gasteiger partial charge in [-0.3, -0.25) is 4.68 Å². The minimum absolute atomic E-state index is 0.186. The van der Waals surface area contributed by atoms with Crippen molar-refractivity contribution in [2.45, 2.75) is 19.0 Å². The lowest BCUT2D eigenvalue weighted by molar-refractivity contribution is 0.0656. The minimum Gasteiger partial charge on any atom is -0.383 e. The van der Waals surface area contributed by atoms with Crippen molar-refractivity contribution in [3.8, 4) is 0 Å². The monoisotopic (exact) mass is 349 g/mol. The molecule has 0 bridgehead atoms. The Hall–Kier alpha value is -0.470. The van der Waals surface area contributed by atoms with E-state index in [0.717, 1.165) is 23.1 Å². The molecule has 0 aliphatic heterocycles. The highest BCUT2D eigenvalue weighted by Crippen LogP contribution is 2.25. The van der Waals surface area contributed by atoms with E-state index in [4.69, 9.17) is 14.2 Å². The summed E-state index contributed by atoms with van der Waals surface area (Å²) in [7, 11) is 5.31. The van der Waals surface area contributed by atoms with Crippen molar-refractivity contribution >= 4 is 15.9 Å². The fraction of sp³-hybridized carbons (Fsp3) is 0.769. The molecule has 0 radical (unpaired) electrons. The van der Waals surface area contributed by atoms with Crippen molar-refractivity contribution in [3.63, 3.8) is 0 Å². The molecule has 20 heavy (non-hydrogen) atoms. The number of methoxy groups -OCH3 is 2. The summed E-state index contributed by atoms with van der Waals surface area (Å²) in [5.41, 5.74) is 1.12. The first-order valence-electron chi connectivity index (χ1n) is 6.68. The van der Waals surface area contributed by atoms with E-state index in [2.05, 4.69) is 26.3 Å². The predicted octanol–water partition coefficient (Wildman–Crippen LogP) is 1.61. The van der Waals surface area contributed by atoms with Crippen molar-refractivity contribution in [3.05, 3.63) is 16.4 Å². The molecule has 0 fully saturated rings. The quantitative estimate of drug-likeness (QED) is 0.615. The van der Waals surface area contributed by atoms with Gasteiger partial charge in [-0.25, -0.2) is 0 Å². The third-order valence-corrected chi connectivity index (χ3v) is 3.61. The fourth-order valence-electron chi connectivity index (χ4n) is 1.94. The molecule has 0 aliphatic carbocycles. The molecule has 0 amide bonds. The number of rotatable bonds is 11. The SMILES string of the molecule is CNC(CCOCCOC)c1c(Br)cnn1CCOC. The molecule has 0 saturated heterocycles. The number of aromatic nitrogens is 2. The molecule has 0 aromatic carbocycles. The zero-order valence-electron chi connectivity index (χ0n) is 12.4. The summed E-state index contributed by atoms with van der Waals surface area (Å²) in [6, 6.07) is 0.186. The van der Waals surface area contributed by atoms with E-state index in [1.54, 1.807) is 14.2 Å². The molecule has 1 N–H and O–H groups in total. The number of nitrogens with one attached hydrogen (secondary N) is 1. The maximum absolute atomic E-state index is 5.53. The highest BCUT2D eigenvalue weighted by Gasteiger charge is 2.18. The van der Waals surface area contributed by atoms with Crippen LogP contribution in [0.2, 0.25) is 0 Å². The van der Waals surface area contributed by atoms with Crippen LogP contribution in [-0.2, 0) is 20.8 Å². The molecule has 0 saturated carbocycles. The lowest BCUT2D eigenvalue weighted by Crippen LogP contribution is -2.23. The van der Waals surface area contributed by atoms with Crippen molar-refractivity contribution < 1.29 is 14.2 Å². The van der Waals surface area contributed by atoms with Crippen LogP contribution in [0.3, 0.4) is 0 Å². The normalized spacial score (nSPS) is 12.8. The van der Waals surface area contributed by atoms with Gasteiger partial charge in [-0.1, -0.05) is 0 Å². The average Bonchev–Trinajstić information content (AvgIpc) is 2.82. The van der Waals surface area contributed by atoms with Gasteiger partial charge in [0.15, 0.2) is 0 Å². The van der Waals surface area contributed by atoms with Crippen molar-refractivity contribution in [1.29, 1.82) is 0 Å². The molecular weight excluding hydrogens is 326 g/mol. The molecular formula is C13H24BrN3O3. The maximum Gasteiger partial charge on any atom is 0.0700 e. The lowest BCUT2D eigenvalue weighted by atomic mass is 10.1. The summed E-state index contributed by atoms with van der Waals surface area (Å²) in [5.74, 6) is 0. The van der Waals surface area contributed by atoms with Gasteiger partial charge in [0.1, 0.15) is 0 Å². The summed E-state index contributed by atoms with van der Waals surface area (Å²) in [5, 5.41) is 7.68. The minimum atomic E-state index is 0.186. The Morgan fingerprint density at radius 1 is 1.25 bits per heavy atom. The van der Waals surface area contributed by atoms with E-state index in [9.17, 15) is 0 Å². The van der Waals surface area contributed by atoms with Crippen LogP contribution in [-0.4, -0.2) is 57.5 Å². The maximum atomic E-state index is 5.53. The Morgan fingerprint density at radius 2 is 2.00 bits per heavy atom. The Labute approximate surface area is 128 Å². The standard InChI is InChI=1S/C13H24BrN3O3/c1-15-12(4-6-20-9-8-19-3)13-11(14)10-16-17(13)5-7-18-2/h10,12,15H,4-9H2,1-3H3. The van der Waals surface area contributed by atoms with Crippen LogP contribution in [0.1, 0.15) is 18.2 Å². The second-order valence-corrected chi connectivity index (χ2v) is 5.18. The Bertz CT molecular complexity index is 374. The van der Waals surface area contributed by atoms with Gasteiger partial charge in [0.05, 0.1) is 48.8 Å². The predicted molar refractivity (Wildman–Crippen MR) is 80.9 cm³/mol. The van der Waals surface area contributed by atoms with Crippen LogP contribution in [0.25, 0.3) is 0 Å². The van der Waals surface area contributed by atoms with E-state index in [0.29, 0.717) is 26.4 Å². The van der Waals surface area contributed by atoms with Gasteiger partial charge in [-0.05, 0) is 29.4 Å². The van der Waals surface area contributed by atoms with E-state index < -0.39 is 0 Å². The van der Waals surface area contributed by atoms with E-state index in [1.807, 2.05) is 17.9 Å². The molecule has 1 heterocycles. The second kappa shape index (κ2) is 10.3. The van der Waals surface area contributed by atoms with Gasteiger partial charge >= 0.3 is 0 Å². The van der Waals surface area contributed by atoms with E-state index in [-0.39, 0.29) is 6.04 Å². The Kier molecular flexibility index (Phi) is 9.04. The molecule has 0 spiro atoms. The molecule has 1 rings (SSSR count). The topological polar surface area (TPSA) is 57.5 Å². The van der Waals surface area contributed by atoms with Crippen molar-refractivity contribution in [2.24, 2.45) is 0 Å².